The van der Waals surface area contributed by atoms with Crippen LogP contribution in [0.3, 0.4) is 0 Å². The van der Waals surface area contributed by atoms with Gasteiger partial charge < -0.3 is 14.8 Å². The Kier molecular flexibility index (Phi) is 6.56. The Hall–Kier alpha value is -2.40. The van der Waals surface area contributed by atoms with Gasteiger partial charge in [0.05, 0.1) is 13.2 Å². The maximum atomic E-state index is 12.7. The molecule has 0 aromatic heterocycles. The van der Waals surface area contributed by atoms with Gasteiger partial charge in [-0.1, -0.05) is 30.3 Å². The monoisotopic (exact) mass is 317 g/mol. The van der Waals surface area contributed by atoms with Crippen molar-refractivity contribution in [3.05, 3.63) is 66.0 Å². The van der Waals surface area contributed by atoms with Gasteiger partial charge in [-0.25, -0.2) is 4.39 Å². The van der Waals surface area contributed by atoms with Gasteiger partial charge in [-0.2, -0.15) is 0 Å². The molecule has 0 fully saturated rings. The zero-order chi connectivity index (χ0) is 16.5. The first-order valence-electron chi connectivity index (χ1n) is 7.47. The topological polar surface area (TPSA) is 47.6 Å². The summed E-state index contributed by atoms with van der Waals surface area (Å²) in [5, 5.41) is 2.74. The highest BCUT2D eigenvalue weighted by atomic mass is 19.1. The summed E-state index contributed by atoms with van der Waals surface area (Å²) in [5.41, 5.74) is 1.02. The predicted molar refractivity (Wildman–Crippen MR) is 85.6 cm³/mol. The van der Waals surface area contributed by atoms with Crippen molar-refractivity contribution in [3.8, 4) is 5.75 Å². The summed E-state index contributed by atoms with van der Waals surface area (Å²) in [5.74, 6) is 0.0627. The second-order valence-electron chi connectivity index (χ2n) is 5.03. The van der Waals surface area contributed by atoms with Crippen LogP contribution in [-0.4, -0.2) is 25.2 Å². The predicted octanol–water partition coefficient (Wildman–Crippen LogP) is 2.93. The normalized spacial score (nSPS) is 11.7. The van der Waals surface area contributed by atoms with Crippen molar-refractivity contribution in [2.75, 3.05) is 13.2 Å². The van der Waals surface area contributed by atoms with E-state index in [1.54, 1.807) is 19.1 Å². The number of amides is 1. The average Bonchev–Trinajstić information content (AvgIpc) is 2.59. The van der Waals surface area contributed by atoms with Crippen LogP contribution in [0.15, 0.2) is 54.6 Å². The molecule has 0 saturated carbocycles. The molecule has 0 saturated heterocycles. The van der Waals surface area contributed by atoms with Crippen LogP contribution in [0.1, 0.15) is 12.5 Å². The van der Waals surface area contributed by atoms with Crippen molar-refractivity contribution in [3.63, 3.8) is 0 Å². The van der Waals surface area contributed by atoms with E-state index in [1.165, 1.54) is 12.1 Å². The van der Waals surface area contributed by atoms with E-state index in [9.17, 15) is 9.18 Å². The maximum Gasteiger partial charge on any atom is 0.248 e. The van der Waals surface area contributed by atoms with Crippen LogP contribution in [0.25, 0.3) is 0 Å². The van der Waals surface area contributed by atoms with Gasteiger partial charge in [0.1, 0.15) is 24.3 Å². The van der Waals surface area contributed by atoms with Crippen molar-refractivity contribution in [2.24, 2.45) is 0 Å². The zero-order valence-electron chi connectivity index (χ0n) is 13.0. The average molecular weight is 317 g/mol. The van der Waals surface area contributed by atoms with E-state index in [0.29, 0.717) is 25.5 Å². The third-order valence-corrected chi connectivity index (χ3v) is 3.20. The number of hydrogen-bond donors (Lipinski definition) is 1. The minimum Gasteiger partial charge on any atom is -0.492 e. The lowest BCUT2D eigenvalue weighted by molar-refractivity contribution is -0.132. The van der Waals surface area contributed by atoms with E-state index in [2.05, 4.69) is 5.32 Å². The number of halogens is 1. The summed E-state index contributed by atoms with van der Waals surface area (Å²) < 4.78 is 23.7. The summed E-state index contributed by atoms with van der Waals surface area (Å²) in [7, 11) is 0. The first-order valence-corrected chi connectivity index (χ1v) is 7.47. The molecule has 1 N–H and O–H groups in total. The van der Waals surface area contributed by atoms with Crippen molar-refractivity contribution in [1.82, 2.24) is 5.32 Å². The van der Waals surface area contributed by atoms with Gasteiger partial charge in [0, 0.05) is 0 Å². The Morgan fingerprint density at radius 1 is 1.13 bits per heavy atom. The molecule has 1 atom stereocenters. The summed E-state index contributed by atoms with van der Waals surface area (Å²) in [4.78, 5) is 11.9. The van der Waals surface area contributed by atoms with Gasteiger partial charge >= 0.3 is 0 Å². The van der Waals surface area contributed by atoms with Crippen LogP contribution in [0, 0.1) is 5.82 Å². The fraction of sp³-hybridized carbons (Fsp3) is 0.278. The molecule has 5 heteroatoms. The fourth-order valence-corrected chi connectivity index (χ4v) is 1.89. The number of ether oxygens (including phenoxy) is 2. The Bertz CT molecular complexity index is 601. The van der Waals surface area contributed by atoms with Gasteiger partial charge in [-0.15, -0.1) is 0 Å². The number of carbonyl (C=O) groups excluding carboxylic acids is 1. The number of hydrogen-bond acceptors (Lipinski definition) is 3. The van der Waals surface area contributed by atoms with E-state index in [-0.39, 0.29) is 11.7 Å². The van der Waals surface area contributed by atoms with Crippen LogP contribution in [0.5, 0.6) is 5.75 Å². The van der Waals surface area contributed by atoms with E-state index in [0.717, 1.165) is 5.56 Å². The highest BCUT2D eigenvalue weighted by Crippen LogP contribution is 2.10. The first kappa shape index (κ1) is 17.0. The summed E-state index contributed by atoms with van der Waals surface area (Å²) in [6, 6.07) is 15.4. The lowest BCUT2D eigenvalue weighted by atomic mass is 10.2. The number of nitrogens with one attached hydrogen (secondary N) is 1. The van der Waals surface area contributed by atoms with Crippen LogP contribution in [-0.2, 0) is 16.1 Å². The van der Waals surface area contributed by atoms with Crippen molar-refractivity contribution >= 4 is 5.91 Å². The van der Waals surface area contributed by atoms with E-state index >= 15 is 0 Å². The molecule has 1 unspecified atom stereocenters. The number of benzene rings is 2. The van der Waals surface area contributed by atoms with Crippen molar-refractivity contribution in [2.45, 2.75) is 19.6 Å². The van der Waals surface area contributed by atoms with Gasteiger partial charge in [-0.3, -0.25) is 4.79 Å². The largest absolute Gasteiger partial charge is 0.492 e. The molecule has 0 spiro atoms. The Balaban J connectivity index is 1.63. The highest BCUT2D eigenvalue weighted by molar-refractivity contribution is 5.80. The molecule has 2 aromatic rings. The van der Waals surface area contributed by atoms with Crippen molar-refractivity contribution < 1.29 is 18.7 Å². The van der Waals surface area contributed by atoms with Gasteiger partial charge in [0.2, 0.25) is 5.91 Å². The standard InChI is InChI=1S/C18H20FNO3/c1-14(23-13-15-5-3-2-4-6-15)18(21)20-11-12-22-17-9-7-16(19)8-10-17/h2-10,14H,11-13H2,1H3,(H,20,21). The molecule has 23 heavy (non-hydrogen) atoms. The Morgan fingerprint density at radius 3 is 2.52 bits per heavy atom. The fourth-order valence-electron chi connectivity index (χ4n) is 1.89. The maximum absolute atomic E-state index is 12.7. The Labute approximate surface area is 135 Å². The second kappa shape index (κ2) is 8.90. The molecule has 0 aliphatic carbocycles. The summed E-state index contributed by atoms with van der Waals surface area (Å²) >= 11 is 0. The number of rotatable bonds is 8. The number of carbonyl (C=O) groups is 1. The molecule has 122 valence electrons. The Morgan fingerprint density at radius 2 is 1.83 bits per heavy atom. The lowest BCUT2D eigenvalue weighted by Gasteiger charge is -2.14. The summed E-state index contributed by atoms with van der Waals surface area (Å²) in [6.07, 6.45) is -0.541. The van der Waals surface area contributed by atoms with E-state index in [4.69, 9.17) is 9.47 Å². The van der Waals surface area contributed by atoms with Gasteiger partial charge in [0.25, 0.3) is 0 Å². The first-order chi connectivity index (χ1) is 11.1. The third-order valence-electron chi connectivity index (χ3n) is 3.20. The molecule has 0 radical (unpaired) electrons. The molecule has 0 heterocycles. The van der Waals surface area contributed by atoms with Crippen LogP contribution in [0.4, 0.5) is 4.39 Å². The minimum absolute atomic E-state index is 0.191. The zero-order valence-corrected chi connectivity index (χ0v) is 13.0. The summed E-state index contributed by atoms with van der Waals surface area (Å²) in [6.45, 7) is 2.76. The third kappa shape index (κ3) is 6.08. The minimum atomic E-state index is -0.541. The second-order valence-corrected chi connectivity index (χ2v) is 5.03. The molecule has 0 aliphatic rings. The van der Waals surface area contributed by atoms with E-state index < -0.39 is 6.10 Å². The van der Waals surface area contributed by atoms with Gasteiger partial charge in [0.15, 0.2) is 0 Å². The molecule has 2 rings (SSSR count). The SMILES string of the molecule is CC(OCc1ccccc1)C(=O)NCCOc1ccc(F)cc1. The lowest BCUT2D eigenvalue weighted by Crippen LogP contribution is -2.36. The molecule has 2 aromatic carbocycles. The molecular formula is C18H20FNO3. The smallest absolute Gasteiger partial charge is 0.248 e. The molecule has 1 amide bonds. The van der Waals surface area contributed by atoms with Crippen LogP contribution >= 0.6 is 0 Å². The molecule has 0 bridgehead atoms. The van der Waals surface area contributed by atoms with Crippen LogP contribution in [0.2, 0.25) is 0 Å². The molecular weight excluding hydrogens is 297 g/mol. The highest BCUT2D eigenvalue weighted by Gasteiger charge is 2.12. The molecule has 0 aliphatic heterocycles. The quantitative estimate of drug-likeness (QED) is 0.762. The van der Waals surface area contributed by atoms with E-state index in [1.807, 2.05) is 30.3 Å². The molecule has 4 nitrogen and oxygen atoms in total. The van der Waals surface area contributed by atoms with Crippen LogP contribution < -0.4 is 10.1 Å². The van der Waals surface area contributed by atoms with Gasteiger partial charge in [-0.05, 0) is 36.8 Å². The van der Waals surface area contributed by atoms with Crippen molar-refractivity contribution in [1.29, 1.82) is 0 Å².